The lowest BCUT2D eigenvalue weighted by atomic mass is 10.3. The van der Waals surface area contributed by atoms with Crippen LogP contribution in [0.15, 0.2) is 17.1 Å². The van der Waals surface area contributed by atoms with Gasteiger partial charge in [-0.05, 0) is 6.92 Å². The van der Waals surface area contributed by atoms with Crippen LogP contribution < -0.4 is 5.43 Å². The van der Waals surface area contributed by atoms with Gasteiger partial charge in [0.05, 0.1) is 6.61 Å². The number of aryl methyl sites for hydroxylation is 1. The van der Waals surface area contributed by atoms with Crippen molar-refractivity contribution >= 4 is 5.97 Å². The molecule has 0 aliphatic carbocycles. The molecule has 8 nitrogen and oxygen atoms in total. The number of rotatable bonds is 3. The quantitative estimate of drug-likeness (QED) is 0.808. The number of hydrogen-bond donors (Lipinski definition) is 1. The number of aromatic amines is 1. The van der Waals surface area contributed by atoms with E-state index in [9.17, 15) is 9.59 Å². The molecule has 110 valence electrons. The average molecular weight is 290 g/mol. The van der Waals surface area contributed by atoms with Gasteiger partial charge in [0.1, 0.15) is 24.7 Å². The summed E-state index contributed by atoms with van der Waals surface area (Å²) in [4.78, 5) is 27.7. The highest BCUT2D eigenvalue weighted by Gasteiger charge is 2.18. The van der Waals surface area contributed by atoms with Crippen molar-refractivity contribution in [3.8, 4) is 0 Å². The zero-order valence-electron chi connectivity index (χ0n) is 11.5. The van der Waals surface area contributed by atoms with E-state index in [2.05, 4.69) is 15.2 Å². The molecule has 3 rings (SSSR count). The van der Waals surface area contributed by atoms with Crippen molar-refractivity contribution in [2.45, 2.75) is 26.7 Å². The van der Waals surface area contributed by atoms with Gasteiger partial charge in [0, 0.05) is 24.5 Å². The number of carbonyl (C=O) groups is 1. The standard InChI is InChI=1S/C13H14N4O4/c1-8-4-11(18)10(16-15-8)6-21-13(19)9-5-17-2-3-20-7-12(17)14-9/h4-5H,2-3,6-7H2,1H3,(H,15,18). The van der Waals surface area contributed by atoms with Crippen molar-refractivity contribution in [2.24, 2.45) is 0 Å². The van der Waals surface area contributed by atoms with E-state index < -0.39 is 5.97 Å². The average Bonchev–Trinajstić information content (AvgIpc) is 2.90. The summed E-state index contributed by atoms with van der Waals surface area (Å²) in [6, 6.07) is 1.41. The van der Waals surface area contributed by atoms with Gasteiger partial charge in [0.2, 0.25) is 5.43 Å². The van der Waals surface area contributed by atoms with Crippen molar-refractivity contribution < 1.29 is 14.3 Å². The van der Waals surface area contributed by atoms with Crippen LogP contribution in [-0.4, -0.2) is 32.3 Å². The molecule has 0 unspecified atom stereocenters. The van der Waals surface area contributed by atoms with Crippen LogP contribution in [0.2, 0.25) is 0 Å². The van der Waals surface area contributed by atoms with Crippen molar-refractivity contribution in [2.75, 3.05) is 6.61 Å². The number of nitrogens with one attached hydrogen (secondary N) is 1. The predicted molar refractivity (Wildman–Crippen MR) is 70.6 cm³/mol. The summed E-state index contributed by atoms with van der Waals surface area (Å²) in [5, 5.41) is 6.51. The Morgan fingerprint density at radius 1 is 1.57 bits per heavy atom. The fourth-order valence-electron chi connectivity index (χ4n) is 2.02. The Labute approximate surface area is 119 Å². The fraction of sp³-hybridized carbons (Fsp3) is 0.385. The van der Waals surface area contributed by atoms with Gasteiger partial charge in [-0.25, -0.2) is 9.78 Å². The molecule has 0 radical (unpaired) electrons. The second-order valence-corrected chi connectivity index (χ2v) is 4.73. The SMILES string of the molecule is Cc1cc(=O)c(COC(=O)c2cn3c(n2)COCC3)n[nH]1. The molecule has 0 aromatic carbocycles. The van der Waals surface area contributed by atoms with Gasteiger partial charge in [0.25, 0.3) is 0 Å². The molecule has 0 bridgehead atoms. The molecule has 0 spiro atoms. The zero-order chi connectivity index (χ0) is 14.8. The number of imidazole rings is 1. The van der Waals surface area contributed by atoms with Crippen LogP contribution >= 0.6 is 0 Å². The van der Waals surface area contributed by atoms with Crippen LogP contribution in [-0.2, 0) is 29.2 Å². The Kier molecular flexibility index (Phi) is 3.53. The number of nitrogens with zero attached hydrogens (tertiary/aromatic N) is 3. The molecule has 0 fully saturated rings. The third-order valence-corrected chi connectivity index (χ3v) is 3.12. The topological polar surface area (TPSA) is 99.1 Å². The Balaban J connectivity index is 1.69. The number of esters is 1. The van der Waals surface area contributed by atoms with Gasteiger partial charge in [-0.15, -0.1) is 0 Å². The molecular formula is C13H14N4O4. The molecule has 0 saturated heterocycles. The summed E-state index contributed by atoms with van der Waals surface area (Å²) >= 11 is 0. The van der Waals surface area contributed by atoms with Crippen LogP contribution in [0.25, 0.3) is 0 Å². The molecule has 0 saturated carbocycles. The van der Waals surface area contributed by atoms with E-state index in [4.69, 9.17) is 9.47 Å². The number of hydrogen-bond acceptors (Lipinski definition) is 6. The summed E-state index contributed by atoms with van der Waals surface area (Å²) in [6.07, 6.45) is 1.63. The first-order chi connectivity index (χ1) is 10.1. The maximum atomic E-state index is 11.9. The summed E-state index contributed by atoms with van der Waals surface area (Å²) in [5.41, 5.74) is 0.744. The van der Waals surface area contributed by atoms with Crippen LogP contribution in [0.3, 0.4) is 0 Å². The van der Waals surface area contributed by atoms with Crippen molar-refractivity contribution in [3.05, 3.63) is 45.4 Å². The Hall–Kier alpha value is -2.48. The summed E-state index contributed by atoms with van der Waals surface area (Å²) in [7, 11) is 0. The van der Waals surface area contributed by atoms with E-state index in [0.29, 0.717) is 31.3 Å². The lowest BCUT2D eigenvalue weighted by molar-refractivity contribution is 0.0458. The normalized spacial score (nSPS) is 13.8. The minimum Gasteiger partial charge on any atom is -0.454 e. The van der Waals surface area contributed by atoms with E-state index >= 15 is 0 Å². The summed E-state index contributed by atoms with van der Waals surface area (Å²) in [5.74, 6) is 0.109. The second kappa shape index (κ2) is 5.49. The molecule has 21 heavy (non-hydrogen) atoms. The summed E-state index contributed by atoms with van der Waals surface area (Å²) < 4.78 is 12.2. The zero-order valence-corrected chi connectivity index (χ0v) is 11.5. The molecule has 1 N–H and O–H groups in total. The molecule has 2 aromatic rings. The number of fused-ring (bicyclic) bond motifs is 1. The van der Waals surface area contributed by atoms with E-state index in [1.165, 1.54) is 6.07 Å². The molecule has 0 amide bonds. The number of aromatic nitrogens is 4. The second-order valence-electron chi connectivity index (χ2n) is 4.73. The van der Waals surface area contributed by atoms with Gasteiger partial charge in [-0.2, -0.15) is 5.10 Å². The first-order valence-electron chi connectivity index (χ1n) is 6.49. The lowest BCUT2D eigenvalue weighted by Crippen LogP contribution is -2.16. The van der Waals surface area contributed by atoms with E-state index in [0.717, 1.165) is 0 Å². The van der Waals surface area contributed by atoms with E-state index in [-0.39, 0.29) is 23.4 Å². The Morgan fingerprint density at radius 2 is 2.43 bits per heavy atom. The van der Waals surface area contributed by atoms with Crippen molar-refractivity contribution in [1.29, 1.82) is 0 Å². The maximum Gasteiger partial charge on any atom is 0.358 e. The molecule has 2 aromatic heterocycles. The predicted octanol–water partition coefficient (Wildman–Crippen LogP) is 0.162. The molecule has 1 aliphatic rings. The van der Waals surface area contributed by atoms with Gasteiger partial charge in [0.15, 0.2) is 5.69 Å². The molecule has 8 heteroatoms. The van der Waals surface area contributed by atoms with Gasteiger partial charge < -0.3 is 14.0 Å². The molecule has 3 heterocycles. The summed E-state index contributed by atoms with van der Waals surface area (Å²) in [6.45, 7) is 3.18. The minimum absolute atomic E-state index is 0.154. The lowest BCUT2D eigenvalue weighted by Gasteiger charge is -2.13. The third kappa shape index (κ3) is 2.84. The minimum atomic E-state index is -0.585. The van der Waals surface area contributed by atoms with Gasteiger partial charge in [-0.1, -0.05) is 0 Å². The fourth-order valence-corrected chi connectivity index (χ4v) is 2.02. The number of H-pyrrole nitrogens is 1. The molecule has 0 atom stereocenters. The van der Waals surface area contributed by atoms with Crippen LogP contribution in [0.5, 0.6) is 0 Å². The van der Waals surface area contributed by atoms with Gasteiger partial charge in [-0.3, -0.25) is 9.89 Å². The van der Waals surface area contributed by atoms with Crippen molar-refractivity contribution in [1.82, 2.24) is 19.7 Å². The molecular weight excluding hydrogens is 276 g/mol. The monoisotopic (exact) mass is 290 g/mol. The number of carbonyl (C=O) groups excluding carboxylic acids is 1. The van der Waals surface area contributed by atoms with Crippen molar-refractivity contribution in [3.63, 3.8) is 0 Å². The Morgan fingerprint density at radius 3 is 3.19 bits per heavy atom. The van der Waals surface area contributed by atoms with Gasteiger partial charge >= 0.3 is 5.97 Å². The highest BCUT2D eigenvalue weighted by atomic mass is 16.5. The first kappa shape index (κ1) is 13.5. The third-order valence-electron chi connectivity index (χ3n) is 3.12. The van der Waals surface area contributed by atoms with Crippen LogP contribution in [0.1, 0.15) is 27.7 Å². The largest absolute Gasteiger partial charge is 0.454 e. The Bertz CT molecular complexity index is 711. The smallest absolute Gasteiger partial charge is 0.358 e. The maximum absolute atomic E-state index is 11.9. The molecule has 1 aliphatic heterocycles. The first-order valence-corrected chi connectivity index (χ1v) is 6.49. The highest BCUT2D eigenvalue weighted by Crippen LogP contribution is 2.11. The highest BCUT2D eigenvalue weighted by molar-refractivity contribution is 5.87. The van der Waals surface area contributed by atoms with E-state index in [1.54, 1.807) is 13.1 Å². The van der Waals surface area contributed by atoms with Crippen LogP contribution in [0.4, 0.5) is 0 Å². The van der Waals surface area contributed by atoms with Crippen LogP contribution in [0, 0.1) is 6.92 Å². The van der Waals surface area contributed by atoms with E-state index in [1.807, 2.05) is 4.57 Å². The number of ether oxygens (including phenoxy) is 2.